The third-order valence-electron chi connectivity index (χ3n) is 4.10. The van der Waals surface area contributed by atoms with Gasteiger partial charge in [-0.15, -0.1) is 0 Å². The van der Waals surface area contributed by atoms with Crippen molar-refractivity contribution in [2.24, 2.45) is 5.92 Å². The van der Waals surface area contributed by atoms with Gasteiger partial charge in [0.05, 0.1) is 6.42 Å². The molecule has 1 aromatic rings. The van der Waals surface area contributed by atoms with Crippen LogP contribution in [0.15, 0.2) is 4.52 Å². The Balaban J connectivity index is 2.11. The molecule has 20 heavy (non-hydrogen) atoms. The van der Waals surface area contributed by atoms with Gasteiger partial charge in [-0.2, -0.15) is 4.98 Å². The molecular weight excluding hydrogens is 256 g/mol. The van der Waals surface area contributed by atoms with E-state index in [9.17, 15) is 4.79 Å². The number of ether oxygens (including phenoxy) is 1. The molecule has 0 N–H and O–H groups in total. The van der Waals surface area contributed by atoms with E-state index in [1.165, 1.54) is 6.42 Å². The molecule has 5 heteroatoms. The van der Waals surface area contributed by atoms with Crippen molar-refractivity contribution in [2.75, 3.05) is 7.11 Å². The summed E-state index contributed by atoms with van der Waals surface area (Å²) in [7, 11) is 1.70. The summed E-state index contributed by atoms with van der Waals surface area (Å²) in [5, 5.41) is 4.07. The molecule has 0 aromatic carbocycles. The first kappa shape index (κ1) is 15.2. The van der Waals surface area contributed by atoms with Gasteiger partial charge in [0.25, 0.3) is 0 Å². The molecule has 0 bridgehead atoms. The third-order valence-corrected chi connectivity index (χ3v) is 4.10. The zero-order chi connectivity index (χ0) is 14.6. The SMILES string of the molecule is CCCC(=O)Cc1nc(C2(OC)CCCC(C)C2)no1. The first-order chi connectivity index (χ1) is 9.59. The molecule has 1 heterocycles. The molecule has 0 radical (unpaired) electrons. The van der Waals surface area contributed by atoms with Crippen molar-refractivity contribution in [3.63, 3.8) is 0 Å². The molecule has 112 valence electrons. The number of rotatable bonds is 6. The Bertz CT molecular complexity index is 458. The summed E-state index contributed by atoms with van der Waals surface area (Å²) in [6.45, 7) is 4.21. The number of hydrogen-bond acceptors (Lipinski definition) is 5. The van der Waals surface area contributed by atoms with E-state index in [1.807, 2.05) is 6.92 Å². The molecule has 1 saturated carbocycles. The van der Waals surface area contributed by atoms with E-state index < -0.39 is 5.60 Å². The van der Waals surface area contributed by atoms with Crippen LogP contribution in [0.1, 0.15) is 64.1 Å². The predicted octanol–water partition coefficient (Wildman–Crippen LogP) is 3.03. The molecular formula is C15H24N2O3. The van der Waals surface area contributed by atoms with Crippen LogP contribution in [0.2, 0.25) is 0 Å². The molecule has 0 aliphatic heterocycles. The topological polar surface area (TPSA) is 65.2 Å². The van der Waals surface area contributed by atoms with E-state index in [0.717, 1.165) is 25.7 Å². The highest BCUT2D eigenvalue weighted by molar-refractivity contribution is 5.79. The van der Waals surface area contributed by atoms with Gasteiger partial charge < -0.3 is 9.26 Å². The molecule has 0 amide bonds. The van der Waals surface area contributed by atoms with E-state index in [4.69, 9.17) is 9.26 Å². The van der Waals surface area contributed by atoms with E-state index in [-0.39, 0.29) is 12.2 Å². The fourth-order valence-electron chi connectivity index (χ4n) is 3.03. The summed E-state index contributed by atoms with van der Waals surface area (Å²) in [5.41, 5.74) is -0.437. The first-order valence-electron chi connectivity index (χ1n) is 7.49. The molecule has 2 rings (SSSR count). The maximum Gasteiger partial charge on any atom is 0.234 e. The van der Waals surface area contributed by atoms with Crippen LogP contribution in [-0.4, -0.2) is 23.0 Å². The summed E-state index contributed by atoms with van der Waals surface area (Å²) < 4.78 is 11.0. The Hall–Kier alpha value is -1.23. The van der Waals surface area contributed by atoms with Gasteiger partial charge >= 0.3 is 0 Å². The lowest BCUT2D eigenvalue weighted by Gasteiger charge is -2.36. The lowest BCUT2D eigenvalue weighted by atomic mass is 9.78. The summed E-state index contributed by atoms with van der Waals surface area (Å²) in [6, 6.07) is 0. The number of methoxy groups -OCH3 is 1. The largest absolute Gasteiger partial charge is 0.370 e. The van der Waals surface area contributed by atoms with E-state index >= 15 is 0 Å². The second kappa shape index (κ2) is 6.48. The van der Waals surface area contributed by atoms with Crippen molar-refractivity contribution < 1.29 is 14.1 Å². The van der Waals surface area contributed by atoms with Crippen molar-refractivity contribution in [1.82, 2.24) is 10.1 Å². The minimum Gasteiger partial charge on any atom is -0.370 e. The Morgan fingerprint density at radius 3 is 3.00 bits per heavy atom. The molecule has 5 nitrogen and oxygen atoms in total. The quantitative estimate of drug-likeness (QED) is 0.801. The van der Waals surface area contributed by atoms with Gasteiger partial charge in [0.15, 0.2) is 0 Å². The number of nitrogens with zero attached hydrogens (tertiary/aromatic N) is 2. The molecule has 0 spiro atoms. The summed E-state index contributed by atoms with van der Waals surface area (Å²) in [6.07, 6.45) is 5.78. The maximum atomic E-state index is 11.6. The normalized spacial score (nSPS) is 26.6. The summed E-state index contributed by atoms with van der Waals surface area (Å²) >= 11 is 0. The van der Waals surface area contributed by atoms with Crippen LogP contribution in [0, 0.1) is 5.92 Å². The average molecular weight is 280 g/mol. The number of aromatic nitrogens is 2. The molecule has 1 aliphatic rings. The van der Waals surface area contributed by atoms with Crippen molar-refractivity contribution in [3.8, 4) is 0 Å². The lowest BCUT2D eigenvalue weighted by Crippen LogP contribution is -2.35. The second-order valence-electron chi connectivity index (χ2n) is 5.88. The maximum absolute atomic E-state index is 11.6. The van der Waals surface area contributed by atoms with Gasteiger partial charge in [-0.3, -0.25) is 4.79 Å². The molecule has 1 aromatic heterocycles. The Labute approximate surface area is 120 Å². The number of hydrogen-bond donors (Lipinski definition) is 0. The van der Waals surface area contributed by atoms with Crippen LogP contribution in [-0.2, 0) is 21.6 Å². The second-order valence-corrected chi connectivity index (χ2v) is 5.88. The van der Waals surface area contributed by atoms with E-state index in [2.05, 4.69) is 17.1 Å². The zero-order valence-corrected chi connectivity index (χ0v) is 12.6. The highest BCUT2D eigenvalue weighted by atomic mass is 16.5. The zero-order valence-electron chi connectivity index (χ0n) is 12.6. The fourth-order valence-corrected chi connectivity index (χ4v) is 3.03. The Kier molecular flexibility index (Phi) is 4.91. The molecule has 2 atom stereocenters. The first-order valence-corrected chi connectivity index (χ1v) is 7.49. The van der Waals surface area contributed by atoms with Crippen LogP contribution >= 0.6 is 0 Å². The van der Waals surface area contributed by atoms with Crippen LogP contribution < -0.4 is 0 Å². The fraction of sp³-hybridized carbons (Fsp3) is 0.800. The smallest absolute Gasteiger partial charge is 0.234 e. The number of carbonyl (C=O) groups excluding carboxylic acids is 1. The van der Waals surface area contributed by atoms with Gasteiger partial charge in [0.1, 0.15) is 11.4 Å². The molecule has 1 aliphatic carbocycles. The lowest BCUT2D eigenvalue weighted by molar-refractivity contribution is -0.118. The third kappa shape index (κ3) is 3.26. The van der Waals surface area contributed by atoms with Crippen molar-refractivity contribution >= 4 is 5.78 Å². The average Bonchev–Trinajstić information content (AvgIpc) is 2.88. The van der Waals surface area contributed by atoms with E-state index in [1.54, 1.807) is 7.11 Å². The summed E-state index contributed by atoms with van der Waals surface area (Å²) in [4.78, 5) is 16.1. The molecule has 1 fully saturated rings. The Morgan fingerprint density at radius 1 is 1.55 bits per heavy atom. The van der Waals surface area contributed by atoms with E-state index in [0.29, 0.717) is 24.1 Å². The summed E-state index contributed by atoms with van der Waals surface area (Å²) in [5.74, 6) is 1.75. The number of Topliss-reactive ketones (excluding diaryl/α,β-unsaturated/α-hetero) is 1. The van der Waals surface area contributed by atoms with Gasteiger partial charge in [0, 0.05) is 13.5 Å². The minimum atomic E-state index is -0.437. The van der Waals surface area contributed by atoms with Crippen LogP contribution in [0.4, 0.5) is 0 Å². The van der Waals surface area contributed by atoms with Crippen LogP contribution in [0.25, 0.3) is 0 Å². The number of carbonyl (C=O) groups is 1. The van der Waals surface area contributed by atoms with Gasteiger partial charge in [-0.25, -0.2) is 0 Å². The monoisotopic (exact) mass is 280 g/mol. The van der Waals surface area contributed by atoms with Crippen molar-refractivity contribution in [3.05, 3.63) is 11.7 Å². The highest BCUT2D eigenvalue weighted by Gasteiger charge is 2.40. The highest BCUT2D eigenvalue weighted by Crippen LogP contribution is 2.41. The number of ketones is 1. The van der Waals surface area contributed by atoms with Gasteiger partial charge in [-0.05, 0) is 31.6 Å². The Morgan fingerprint density at radius 2 is 2.35 bits per heavy atom. The minimum absolute atomic E-state index is 0.145. The molecule has 2 unspecified atom stereocenters. The van der Waals surface area contributed by atoms with Crippen LogP contribution in [0.5, 0.6) is 0 Å². The van der Waals surface area contributed by atoms with Gasteiger partial charge in [0.2, 0.25) is 11.7 Å². The van der Waals surface area contributed by atoms with Crippen molar-refractivity contribution in [2.45, 2.75) is 64.4 Å². The standard InChI is InChI=1S/C15H24N2O3/c1-4-6-12(18)9-13-16-14(17-20-13)15(19-3)8-5-7-11(2)10-15/h11H,4-10H2,1-3H3. The van der Waals surface area contributed by atoms with Gasteiger partial charge in [-0.1, -0.05) is 25.4 Å². The predicted molar refractivity (Wildman–Crippen MR) is 74.2 cm³/mol. The van der Waals surface area contributed by atoms with Crippen molar-refractivity contribution in [1.29, 1.82) is 0 Å². The van der Waals surface area contributed by atoms with Crippen LogP contribution in [0.3, 0.4) is 0 Å². The molecule has 0 saturated heterocycles.